The van der Waals surface area contributed by atoms with E-state index in [0.29, 0.717) is 0 Å². The maximum atomic E-state index is 4.53. The molecule has 4 nitrogen and oxygen atoms in total. The van der Waals surface area contributed by atoms with E-state index in [2.05, 4.69) is 52.0 Å². The molecule has 0 bridgehead atoms. The standard InChI is InChI=1S/C15H22N4/c1-3-10-19-11-9-18-15(19)14(17-4-2)12-13-5-7-16-8-6-13/h5-9,11,14,17H,3-4,10,12H2,1-2H3. The number of aryl methyl sites for hydroxylation is 1. The second-order valence-corrected chi connectivity index (χ2v) is 4.65. The molecule has 102 valence electrons. The highest BCUT2D eigenvalue weighted by Crippen LogP contribution is 2.17. The van der Waals surface area contributed by atoms with Gasteiger partial charge >= 0.3 is 0 Å². The minimum atomic E-state index is 0.258. The van der Waals surface area contributed by atoms with E-state index in [4.69, 9.17) is 0 Å². The second kappa shape index (κ2) is 7.04. The number of aromatic nitrogens is 3. The number of imidazole rings is 1. The molecule has 0 aliphatic heterocycles. The predicted octanol–water partition coefficient (Wildman–Crippen LogP) is 2.58. The van der Waals surface area contributed by atoms with Crippen LogP contribution in [0, 0.1) is 0 Å². The molecule has 0 spiro atoms. The Labute approximate surface area is 114 Å². The van der Waals surface area contributed by atoms with Crippen LogP contribution < -0.4 is 5.32 Å². The van der Waals surface area contributed by atoms with Crippen LogP contribution >= 0.6 is 0 Å². The van der Waals surface area contributed by atoms with Gasteiger partial charge in [0.2, 0.25) is 0 Å². The van der Waals surface area contributed by atoms with E-state index in [1.165, 1.54) is 5.56 Å². The molecular formula is C15H22N4. The van der Waals surface area contributed by atoms with Crippen molar-refractivity contribution in [2.75, 3.05) is 6.54 Å². The average Bonchev–Trinajstić information content (AvgIpc) is 2.88. The minimum Gasteiger partial charge on any atom is -0.334 e. The summed E-state index contributed by atoms with van der Waals surface area (Å²) < 4.78 is 2.24. The van der Waals surface area contributed by atoms with Crippen LogP contribution in [0.25, 0.3) is 0 Å². The zero-order valence-corrected chi connectivity index (χ0v) is 11.7. The van der Waals surface area contributed by atoms with Gasteiger partial charge in [0.15, 0.2) is 0 Å². The number of likely N-dealkylation sites (N-methyl/N-ethyl adjacent to an activating group) is 1. The maximum absolute atomic E-state index is 4.53. The van der Waals surface area contributed by atoms with E-state index in [9.17, 15) is 0 Å². The summed E-state index contributed by atoms with van der Waals surface area (Å²) in [6.45, 7) is 6.28. The lowest BCUT2D eigenvalue weighted by atomic mass is 10.1. The van der Waals surface area contributed by atoms with E-state index < -0.39 is 0 Å². The van der Waals surface area contributed by atoms with Gasteiger partial charge in [0.25, 0.3) is 0 Å². The van der Waals surface area contributed by atoms with Crippen molar-refractivity contribution in [2.45, 2.75) is 39.3 Å². The van der Waals surface area contributed by atoms with Crippen LogP contribution in [0.4, 0.5) is 0 Å². The molecule has 0 amide bonds. The molecule has 0 aromatic carbocycles. The molecular weight excluding hydrogens is 236 g/mol. The van der Waals surface area contributed by atoms with Crippen LogP contribution in [0.1, 0.15) is 37.7 Å². The Morgan fingerprint density at radius 3 is 2.68 bits per heavy atom. The van der Waals surface area contributed by atoms with E-state index in [1.54, 1.807) is 0 Å². The Bertz CT molecular complexity index is 478. The lowest BCUT2D eigenvalue weighted by Gasteiger charge is -2.19. The van der Waals surface area contributed by atoms with Gasteiger partial charge in [-0.15, -0.1) is 0 Å². The van der Waals surface area contributed by atoms with Crippen molar-refractivity contribution >= 4 is 0 Å². The van der Waals surface area contributed by atoms with Gasteiger partial charge in [0.05, 0.1) is 6.04 Å². The molecule has 2 rings (SSSR count). The van der Waals surface area contributed by atoms with Gasteiger partial charge in [-0.05, 0) is 37.1 Å². The van der Waals surface area contributed by atoms with E-state index in [-0.39, 0.29) is 6.04 Å². The normalized spacial score (nSPS) is 12.5. The Kier molecular flexibility index (Phi) is 5.10. The molecule has 1 N–H and O–H groups in total. The summed E-state index contributed by atoms with van der Waals surface area (Å²) in [5, 5.41) is 3.53. The third-order valence-electron chi connectivity index (χ3n) is 3.16. The Balaban J connectivity index is 2.17. The lowest BCUT2D eigenvalue weighted by Crippen LogP contribution is -2.26. The first kappa shape index (κ1) is 13.7. The van der Waals surface area contributed by atoms with Crippen LogP contribution in [-0.4, -0.2) is 21.1 Å². The predicted molar refractivity (Wildman–Crippen MR) is 76.9 cm³/mol. The molecule has 1 atom stereocenters. The molecule has 0 aliphatic carbocycles. The molecule has 0 saturated carbocycles. The molecule has 0 saturated heterocycles. The number of rotatable bonds is 7. The Morgan fingerprint density at radius 2 is 2.00 bits per heavy atom. The molecule has 0 fully saturated rings. The molecule has 4 heteroatoms. The van der Waals surface area contributed by atoms with Gasteiger partial charge in [-0.3, -0.25) is 4.98 Å². The Hall–Kier alpha value is -1.68. The van der Waals surface area contributed by atoms with Crippen LogP contribution in [-0.2, 0) is 13.0 Å². The van der Waals surface area contributed by atoms with Crippen LogP contribution in [0.2, 0.25) is 0 Å². The molecule has 0 radical (unpaired) electrons. The van der Waals surface area contributed by atoms with Crippen molar-refractivity contribution < 1.29 is 0 Å². The van der Waals surface area contributed by atoms with Gasteiger partial charge < -0.3 is 9.88 Å². The van der Waals surface area contributed by atoms with E-state index in [0.717, 1.165) is 31.8 Å². The second-order valence-electron chi connectivity index (χ2n) is 4.65. The first-order chi connectivity index (χ1) is 9.35. The third kappa shape index (κ3) is 3.64. The highest BCUT2D eigenvalue weighted by Gasteiger charge is 2.16. The number of nitrogens with one attached hydrogen (secondary N) is 1. The van der Waals surface area contributed by atoms with Crippen LogP contribution in [0.3, 0.4) is 0 Å². The molecule has 2 heterocycles. The monoisotopic (exact) mass is 258 g/mol. The summed E-state index contributed by atoms with van der Waals surface area (Å²) in [4.78, 5) is 8.60. The molecule has 19 heavy (non-hydrogen) atoms. The lowest BCUT2D eigenvalue weighted by molar-refractivity contribution is 0.487. The largest absolute Gasteiger partial charge is 0.334 e. The Morgan fingerprint density at radius 1 is 1.21 bits per heavy atom. The smallest absolute Gasteiger partial charge is 0.126 e. The highest BCUT2D eigenvalue weighted by molar-refractivity contribution is 5.14. The van der Waals surface area contributed by atoms with Crippen molar-refractivity contribution in [1.82, 2.24) is 19.9 Å². The first-order valence-electron chi connectivity index (χ1n) is 6.98. The number of pyridine rings is 1. The van der Waals surface area contributed by atoms with Crippen LogP contribution in [0.15, 0.2) is 36.9 Å². The van der Waals surface area contributed by atoms with Gasteiger partial charge in [-0.25, -0.2) is 4.98 Å². The summed E-state index contributed by atoms with van der Waals surface area (Å²) >= 11 is 0. The zero-order chi connectivity index (χ0) is 13.5. The van der Waals surface area contributed by atoms with Gasteiger partial charge in [-0.2, -0.15) is 0 Å². The van der Waals surface area contributed by atoms with Crippen molar-refractivity contribution in [1.29, 1.82) is 0 Å². The van der Waals surface area contributed by atoms with E-state index >= 15 is 0 Å². The number of hydrogen-bond donors (Lipinski definition) is 1. The van der Waals surface area contributed by atoms with Crippen molar-refractivity contribution in [3.8, 4) is 0 Å². The van der Waals surface area contributed by atoms with Gasteiger partial charge in [0.1, 0.15) is 5.82 Å². The fourth-order valence-corrected chi connectivity index (χ4v) is 2.32. The highest BCUT2D eigenvalue weighted by atomic mass is 15.1. The molecule has 0 aliphatic rings. The minimum absolute atomic E-state index is 0.258. The topological polar surface area (TPSA) is 42.7 Å². The number of hydrogen-bond acceptors (Lipinski definition) is 3. The number of nitrogens with zero attached hydrogens (tertiary/aromatic N) is 3. The summed E-state index contributed by atoms with van der Waals surface area (Å²) in [5.41, 5.74) is 1.28. The SMILES string of the molecule is CCCn1ccnc1C(Cc1ccncc1)NCC. The fraction of sp³-hybridized carbons (Fsp3) is 0.467. The molecule has 1 unspecified atom stereocenters. The summed E-state index contributed by atoms with van der Waals surface area (Å²) in [5.74, 6) is 1.13. The maximum Gasteiger partial charge on any atom is 0.126 e. The third-order valence-corrected chi connectivity index (χ3v) is 3.16. The quantitative estimate of drug-likeness (QED) is 0.830. The summed E-state index contributed by atoms with van der Waals surface area (Å²) in [7, 11) is 0. The summed E-state index contributed by atoms with van der Waals surface area (Å²) in [6.07, 6.45) is 9.71. The fourth-order valence-electron chi connectivity index (χ4n) is 2.32. The van der Waals surface area contributed by atoms with Crippen LogP contribution in [0.5, 0.6) is 0 Å². The van der Waals surface area contributed by atoms with Crippen molar-refractivity contribution in [3.63, 3.8) is 0 Å². The van der Waals surface area contributed by atoms with Crippen molar-refractivity contribution in [2.24, 2.45) is 0 Å². The average molecular weight is 258 g/mol. The van der Waals surface area contributed by atoms with Gasteiger partial charge in [0, 0.05) is 31.3 Å². The van der Waals surface area contributed by atoms with E-state index in [1.807, 2.05) is 18.6 Å². The molecule has 2 aromatic heterocycles. The van der Waals surface area contributed by atoms with Crippen molar-refractivity contribution in [3.05, 3.63) is 48.3 Å². The zero-order valence-electron chi connectivity index (χ0n) is 11.7. The van der Waals surface area contributed by atoms with Gasteiger partial charge in [-0.1, -0.05) is 13.8 Å². The molecule has 2 aromatic rings. The summed E-state index contributed by atoms with van der Waals surface area (Å²) in [6, 6.07) is 4.39. The first-order valence-corrected chi connectivity index (χ1v) is 6.98.